The minimum Gasteiger partial charge on any atom is -0.483 e. The van der Waals surface area contributed by atoms with E-state index in [4.69, 9.17) is 4.74 Å². The molecule has 1 amide bonds. The first-order valence-electron chi connectivity index (χ1n) is 6.94. The second-order valence-corrected chi connectivity index (χ2v) is 4.98. The topological polar surface area (TPSA) is 50.4 Å². The SMILES string of the molecule is CNCc1ccccc1OCC(=O)NC1CCCC1. The number of amides is 1. The molecular weight excluding hydrogens is 240 g/mol. The molecule has 0 bridgehead atoms. The Morgan fingerprint density at radius 1 is 1.32 bits per heavy atom. The second kappa shape index (κ2) is 7.14. The lowest BCUT2D eigenvalue weighted by molar-refractivity contribution is -0.123. The Morgan fingerprint density at radius 2 is 2.05 bits per heavy atom. The number of para-hydroxylation sites is 1. The predicted molar refractivity (Wildman–Crippen MR) is 75.1 cm³/mol. The standard InChI is InChI=1S/C15H22N2O2/c1-16-10-12-6-2-5-9-14(12)19-11-15(18)17-13-7-3-4-8-13/h2,5-6,9,13,16H,3-4,7-8,10-11H2,1H3,(H,17,18). The zero-order chi connectivity index (χ0) is 13.5. The van der Waals surface area contributed by atoms with Gasteiger partial charge in [0.15, 0.2) is 6.61 Å². The van der Waals surface area contributed by atoms with Gasteiger partial charge in [0.2, 0.25) is 0 Å². The molecule has 0 unspecified atom stereocenters. The van der Waals surface area contributed by atoms with E-state index < -0.39 is 0 Å². The third-order valence-corrected chi connectivity index (χ3v) is 3.42. The number of nitrogens with one attached hydrogen (secondary N) is 2. The Labute approximate surface area is 114 Å². The highest BCUT2D eigenvalue weighted by molar-refractivity contribution is 5.77. The number of ether oxygens (including phenoxy) is 1. The second-order valence-electron chi connectivity index (χ2n) is 4.98. The van der Waals surface area contributed by atoms with Crippen LogP contribution in [0.25, 0.3) is 0 Å². The van der Waals surface area contributed by atoms with Crippen LogP contribution >= 0.6 is 0 Å². The van der Waals surface area contributed by atoms with Crippen molar-refractivity contribution in [2.24, 2.45) is 0 Å². The summed E-state index contributed by atoms with van der Waals surface area (Å²) < 4.78 is 5.61. The van der Waals surface area contributed by atoms with Gasteiger partial charge in [0, 0.05) is 18.2 Å². The van der Waals surface area contributed by atoms with Crippen LogP contribution in [-0.4, -0.2) is 25.6 Å². The Bertz CT molecular complexity index is 414. The van der Waals surface area contributed by atoms with Crippen LogP contribution in [-0.2, 0) is 11.3 Å². The van der Waals surface area contributed by atoms with Crippen LogP contribution in [0, 0.1) is 0 Å². The predicted octanol–water partition coefficient (Wildman–Crippen LogP) is 1.84. The van der Waals surface area contributed by atoms with Crippen LogP contribution in [0.3, 0.4) is 0 Å². The van der Waals surface area contributed by atoms with E-state index in [2.05, 4.69) is 10.6 Å². The molecule has 4 nitrogen and oxygen atoms in total. The molecule has 2 rings (SSSR count). The molecule has 19 heavy (non-hydrogen) atoms. The lowest BCUT2D eigenvalue weighted by Gasteiger charge is -2.14. The number of benzene rings is 1. The maximum atomic E-state index is 11.8. The summed E-state index contributed by atoms with van der Waals surface area (Å²) in [6.45, 7) is 0.831. The van der Waals surface area contributed by atoms with Gasteiger partial charge in [-0.25, -0.2) is 0 Å². The van der Waals surface area contributed by atoms with E-state index in [-0.39, 0.29) is 12.5 Å². The van der Waals surface area contributed by atoms with Crippen molar-refractivity contribution in [2.45, 2.75) is 38.3 Å². The number of rotatable bonds is 6. The molecule has 1 aromatic rings. The van der Waals surface area contributed by atoms with E-state index in [1.54, 1.807) is 0 Å². The minimum absolute atomic E-state index is 0.0221. The summed E-state index contributed by atoms with van der Waals surface area (Å²) in [6, 6.07) is 8.14. The van der Waals surface area contributed by atoms with Gasteiger partial charge in [0.05, 0.1) is 0 Å². The summed E-state index contributed by atoms with van der Waals surface area (Å²) in [5, 5.41) is 6.11. The van der Waals surface area contributed by atoms with E-state index in [0.717, 1.165) is 30.7 Å². The minimum atomic E-state index is -0.0221. The van der Waals surface area contributed by atoms with Crippen LogP contribution in [0.1, 0.15) is 31.2 Å². The number of hydrogen-bond acceptors (Lipinski definition) is 3. The Hall–Kier alpha value is -1.55. The monoisotopic (exact) mass is 262 g/mol. The Balaban J connectivity index is 1.82. The molecular formula is C15H22N2O2. The molecule has 4 heteroatoms. The summed E-state index contributed by atoms with van der Waals surface area (Å²) in [6.07, 6.45) is 4.64. The van der Waals surface area contributed by atoms with Gasteiger partial charge < -0.3 is 15.4 Å². The average Bonchev–Trinajstić information content (AvgIpc) is 2.91. The Morgan fingerprint density at radius 3 is 2.79 bits per heavy atom. The van der Waals surface area contributed by atoms with Gasteiger partial charge >= 0.3 is 0 Å². The lowest BCUT2D eigenvalue weighted by atomic mass is 10.2. The molecule has 0 saturated heterocycles. The molecule has 0 heterocycles. The van der Waals surface area contributed by atoms with Crippen molar-refractivity contribution in [2.75, 3.05) is 13.7 Å². The maximum absolute atomic E-state index is 11.8. The van der Waals surface area contributed by atoms with Crippen molar-refractivity contribution in [3.63, 3.8) is 0 Å². The molecule has 0 radical (unpaired) electrons. The van der Waals surface area contributed by atoms with Gasteiger partial charge in [-0.05, 0) is 26.0 Å². The van der Waals surface area contributed by atoms with Gasteiger partial charge in [-0.3, -0.25) is 4.79 Å². The van der Waals surface area contributed by atoms with E-state index >= 15 is 0 Å². The molecule has 104 valence electrons. The highest BCUT2D eigenvalue weighted by Gasteiger charge is 2.17. The van der Waals surface area contributed by atoms with E-state index in [1.807, 2.05) is 31.3 Å². The van der Waals surface area contributed by atoms with Gasteiger partial charge in [-0.2, -0.15) is 0 Å². The van der Waals surface area contributed by atoms with Gasteiger partial charge in [0.1, 0.15) is 5.75 Å². The van der Waals surface area contributed by atoms with Crippen molar-refractivity contribution < 1.29 is 9.53 Å². The normalized spacial score (nSPS) is 15.4. The molecule has 1 aliphatic rings. The van der Waals surface area contributed by atoms with E-state index in [0.29, 0.717) is 6.04 Å². The zero-order valence-electron chi connectivity index (χ0n) is 11.4. The van der Waals surface area contributed by atoms with Crippen LogP contribution in [0.2, 0.25) is 0 Å². The summed E-state index contributed by atoms with van der Waals surface area (Å²) in [7, 11) is 1.89. The van der Waals surface area contributed by atoms with Crippen molar-refractivity contribution in [3.05, 3.63) is 29.8 Å². The molecule has 1 aliphatic carbocycles. The lowest BCUT2D eigenvalue weighted by Crippen LogP contribution is -2.36. The fourth-order valence-electron chi connectivity index (χ4n) is 2.46. The maximum Gasteiger partial charge on any atom is 0.258 e. The largest absolute Gasteiger partial charge is 0.483 e. The fraction of sp³-hybridized carbons (Fsp3) is 0.533. The molecule has 2 N–H and O–H groups in total. The van der Waals surface area contributed by atoms with Gasteiger partial charge in [-0.1, -0.05) is 31.0 Å². The van der Waals surface area contributed by atoms with Crippen molar-refractivity contribution in [1.82, 2.24) is 10.6 Å². The number of hydrogen-bond donors (Lipinski definition) is 2. The summed E-state index contributed by atoms with van der Waals surface area (Å²) in [5.74, 6) is 0.754. The van der Waals surface area contributed by atoms with Crippen molar-refractivity contribution >= 4 is 5.91 Å². The average molecular weight is 262 g/mol. The summed E-state index contributed by atoms with van der Waals surface area (Å²) >= 11 is 0. The smallest absolute Gasteiger partial charge is 0.258 e. The molecule has 1 aromatic carbocycles. The highest BCUT2D eigenvalue weighted by atomic mass is 16.5. The molecule has 0 atom stereocenters. The molecule has 1 saturated carbocycles. The molecule has 0 spiro atoms. The Kier molecular flexibility index (Phi) is 5.21. The molecule has 0 aromatic heterocycles. The quantitative estimate of drug-likeness (QED) is 0.822. The number of carbonyl (C=O) groups is 1. The van der Waals surface area contributed by atoms with Crippen molar-refractivity contribution in [1.29, 1.82) is 0 Å². The summed E-state index contributed by atoms with van der Waals surface area (Å²) in [4.78, 5) is 11.8. The number of carbonyl (C=O) groups excluding carboxylic acids is 1. The van der Waals surface area contributed by atoms with Crippen molar-refractivity contribution in [3.8, 4) is 5.75 Å². The van der Waals surface area contributed by atoms with Crippen LogP contribution < -0.4 is 15.4 Å². The zero-order valence-corrected chi connectivity index (χ0v) is 11.4. The third-order valence-electron chi connectivity index (χ3n) is 3.42. The highest BCUT2D eigenvalue weighted by Crippen LogP contribution is 2.19. The molecule has 0 aliphatic heterocycles. The van der Waals surface area contributed by atoms with Gasteiger partial charge in [-0.15, -0.1) is 0 Å². The first kappa shape index (κ1) is 13.9. The van der Waals surface area contributed by atoms with Gasteiger partial charge in [0.25, 0.3) is 5.91 Å². The summed E-state index contributed by atoms with van der Waals surface area (Å²) in [5.41, 5.74) is 1.07. The molecule has 1 fully saturated rings. The first-order valence-corrected chi connectivity index (χ1v) is 6.94. The van der Waals surface area contributed by atoms with Crippen LogP contribution in [0.15, 0.2) is 24.3 Å². The first-order chi connectivity index (χ1) is 9.29. The van der Waals surface area contributed by atoms with E-state index in [1.165, 1.54) is 12.8 Å². The fourth-order valence-corrected chi connectivity index (χ4v) is 2.46. The van der Waals surface area contributed by atoms with Crippen LogP contribution in [0.5, 0.6) is 5.75 Å². The van der Waals surface area contributed by atoms with Crippen LogP contribution in [0.4, 0.5) is 0 Å². The third kappa shape index (κ3) is 4.24. The van der Waals surface area contributed by atoms with E-state index in [9.17, 15) is 4.79 Å².